The Morgan fingerprint density at radius 3 is 2.86 bits per heavy atom. The van der Waals surface area contributed by atoms with E-state index in [1.807, 2.05) is 6.07 Å². The zero-order chi connectivity index (χ0) is 10.4. The highest BCUT2D eigenvalue weighted by Gasteiger charge is 2.01. The lowest BCUT2D eigenvalue weighted by Crippen LogP contribution is -2.04. The van der Waals surface area contributed by atoms with E-state index < -0.39 is 0 Å². The maximum absolute atomic E-state index is 13.4. The van der Waals surface area contributed by atoms with Crippen LogP contribution in [0.1, 0.15) is 5.56 Å². The van der Waals surface area contributed by atoms with Crippen molar-refractivity contribution in [3.8, 4) is 0 Å². The number of hydrogen-bond acceptors (Lipinski definition) is 2. The van der Waals surface area contributed by atoms with Gasteiger partial charge >= 0.3 is 0 Å². The molecule has 1 aromatic rings. The fourth-order valence-electron chi connectivity index (χ4n) is 1.21. The van der Waals surface area contributed by atoms with Gasteiger partial charge in [0.25, 0.3) is 0 Å². The molecular weight excluding hydrogens is 179 g/mol. The first-order valence-corrected chi connectivity index (χ1v) is 4.61. The van der Waals surface area contributed by atoms with Gasteiger partial charge in [-0.2, -0.15) is 0 Å². The molecule has 76 valence electrons. The first-order chi connectivity index (χ1) is 6.77. The van der Waals surface area contributed by atoms with E-state index in [0.717, 1.165) is 5.56 Å². The van der Waals surface area contributed by atoms with Crippen molar-refractivity contribution in [2.45, 2.75) is 6.42 Å². The number of anilines is 1. The van der Waals surface area contributed by atoms with Gasteiger partial charge in [0.1, 0.15) is 5.82 Å². The molecule has 0 fully saturated rings. The van der Waals surface area contributed by atoms with Crippen LogP contribution in [0, 0.1) is 5.82 Å². The van der Waals surface area contributed by atoms with Crippen LogP contribution in [0.5, 0.6) is 0 Å². The molecule has 0 spiro atoms. The number of rotatable bonds is 5. The third kappa shape index (κ3) is 2.85. The summed E-state index contributed by atoms with van der Waals surface area (Å²) in [6.45, 7) is 4.65. The number of hydrogen-bond donors (Lipinski definition) is 2. The number of halogens is 1. The summed E-state index contributed by atoms with van der Waals surface area (Å²) in [5.74, 6) is -0.238. The molecule has 0 aliphatic heterocycles. The first kappa shape index (κ1) is 10.7. The largest absolute Gasteiger partial charge is 0.379 e. The van der Waals surface area contributed by atoms with Crippen molar-refractivity contribution < 1.29 is 4.39 Å². The maximum Gasteiger partial charge on any atom is 0.146 e. The van der Waals surface area contributed by atoms with E-state index in [0.29, 0.717) is 25.2 Å². The summed E-state index contributed by atoms with van der Waals surface area (Å²) in [5.41, 5.74) is 6.81. The lowest BCUT2D eigenvalue weighted by Gasteiger charge is -2.06. The van der Waals surface area contributed by atoms with Crippen molar-refractivity contribution in [2.24, 2.45) is 5.73 Å². The zero-order valence-electron chi connectivity index (χ0n) is 8.09. The molecule has 14 heavy (non-hydrogen) atoms. The van der Waals surface area contributed by atoms with Gasteiger partial charge in [-0.3, -0.25) is 0 Å². The molecule has 0 unspecified atom stereocenters. The topological polar surface area (TPSA) is 38.0 Å². The van der Waals surface area contributed by atoms with Gasteiger partial charge in [0.15, 0.2) is 0 Å². The van der Waals surface area contributed by atoms with Crippen LogP contribution in [0.3, 0.4) is 0 Å². The normalized spacial score (nSPS) is 9.86. The van der Waals surface area contributed by atoms with Crippen LogP contribution < -0.4 is 11.1 Å². The van der Waals surface area contributed by atoms with Crippen LogP contribution in [0.2, 0.25) is 0 Å². The molecule has 0 aliphatic carbocycles. The minimum atomic E-state index is -0.238. The fraction of sp³-hybridized carbons (Fsp3) is 0.273. The molecule has 0 amide bonds. The average molecular weight is 194 g/mol. The van der Waals surface area contributed by atoms with Crippen molar-refractivity contribution in [3.63, 3.8) is 0 Å². The van der Waals surface area contributed by atoms with Crippen molar-refractivity contribution in [2.75, 3.05) is 18.4 Å². The van der Waals surface area contributed by atoms with Crippen molar-refractivity contribution in [3.05, 3.63) is 42.2 Å². The summed E-state index contributed by atoms with van der Waals surface area (Å²) in [5, 5.41) is 2.91. The van der Waals surface area contributed by atoms with Crippen LogP contribution >= 0.6 is 0 Å². The van der Waals surface area contributed by atoms with Crippen molar-refractivity contribution in [1.82, 2.24) is 0 Å². The van der Waals surface area contributed by atoms with Crippen LogP contribution in [0.15, 0.2) is 30.9 Å². The molecule has 0 atom stereocenters. The lowest BCUT2D eigenvalue weighted by atomic mass is 10.1. The summed E-state index contributed by atoms with van der Waals surface area (Å²) >= 11 is 0. The van der Waals surface area contributed by atoms with Gasteiger partial charge in [0.2, 0.25) is 0 Å². The Morgan fingerprint density at radius 2 is 2.29 bits per heavy atom. The highest BCUT2D eigenvalue weighted by atomic mass is 19.1. The molecule has 1 rings (SSSR count). The van der Waals surface area contributed by atoms with Gasteiger partial charge in [-0.05, 0) is 30.7 Å². The van der Waals surface area contributed by atoms with E-state index in [2.05, 4.69) is 11.9 Å². The molecule has 1 aromatic carbocycles. The van der Waals surface area contributed by atoms with Crippen molar-refractivity contribution in [1.29, 1.82) is 0 Å². The van der Waals surface area contributed by atoms with Gasteiger partial charge in [-0.15, -0.1) is 6.58 Å². The highest BCUT2D eigenvalue weighted by Crippen LogP contribution is 2.15. The summed E-state index contributed by atoms with van der Waals surface area (Å²) in [6.07, 6.45) is 2.39. The standard InChI is InChI=1S/C11H15FN2/c1-2-7-14-11-4-3-9(5-6-13)8-10(11)12/h2-4,8,14H,1,5-7,13H2. The van der Waals surface area contributed by atoms with Crippen LogP contribution in [0.4, 0.5) is 10.1 Å². The molecule has 0 aliphatic rings. The summed E-state index contributed by atoms with van der Waals surface area (Å²) in [4.78, 5) is 0. The highest BCUT2D eigenvalue weighted by molar-refractivity contribution is 5.46. The second-order valence-corrected chi connectivity index (χ2v) is 3.02. The van der Waals surface area contributed by atoms with Gasteiger partial charge in [-0.25, -0.2) is 4.39 Å². The average Bonchev–Trinajstić information content (AvgIpc) is 2.17. The SMILES string of the molecule is C=CCNc1ccc(CCN)cc1F. The molecule has 0 bridgehead atoms. The fourth-order valence-corrected chi connectivity index (χ4v) is 1.21. The Hall–Kier alpha value is -1.35. The number of nitrogens with one attached hydrogen (secondary N) is 1. The summed E-state index contributed by atoms with van der Waals surface area (Å²) in [7, 11) is 0. The molecule has 0 saturated carbocycles. The molecule has 2 nitrogen and oxygen atoms in total. The van der Waals surface area contributed by atoms with Gasteiger partial charge < -0.3 is 11.1 Å². The van der Waals surface area contributed by atoms with E-state index in [1.165, 1.54) is 6.07 Å². The van der Waals surface area contributed by atoms with E-state index >= 15 is 0 Å². The van der Waals surface area contributed by atoms with E-state index in [9.17, 15) is 4.39 Å². The molecule has 3 heteroatoms. The van der Waals surface area contributed by atoms with E-state index in [1.54, 1.807) is 12.1 Å². The Morgan fingerprint density at radius 1 is 1.50 bits per heavy atom. The minimum Gasteiger partial charge on any atom is -0.379 e. The van der Waals surface area contributed by atoms with Gasteiger partial charge in [-0.1, -0.05) is 12.1 Å². The predicted molar refractivity (Wildman–Crippen MR) is 57.8 cm³/mol. The Bertz CT molecular complexity index is 310. The predicted octanol–water partition coefficient (Wildman–Crippen LogP) is 1.92. The Balaban J connectivity index is 2.73. The molecular formula is C11H15FN2. The van der Waals surface area contributed by atoms with E-state index in [4.69, 9.17) is 5.73 Å². The maximum atomic E-state index is 13.4. The second kappa shape index (κ2) is 5.40. The lowest BCUT2D eigenvalue weighted by molar-refractivity contribution is 0.628. The second-order valence-electron chi connectivity index (χ2n) is 3.02. The van der Waals surface area contributed by atoms with Crippen molar-refractivity contribution >= 4 is 5.69 Å². The zero-order valence-corrected chi connectivity index (χ0v) is 8.09. The number of nitrogens with two attached hydrogens (primary N) is 1. The quantitative estimate of drug-likeness (QED) is 0.703. The minimum absolute atomic E-state index is 0.238. The van der Waals surface area contributed by atoms with Crippen LogP contribution in [-0.4, -0.2) is 13.1 Å². The third-order valence-electron chi connectivity index (χ3n) is 1.90. The molecule has 0 radical (unpaired) electrons. The summed E-state index contributed by atoms with van der Waals surface area (Å²) in [6, 6.07) is 5.11. The van der Waals surface area contributed by atoms with Crippen LogP contribution in [0.25, 0.3) is 0 Å². The number of benzene rings is 1. The molecule has 0 aromatic heterocycles. The molecule has 0 saturated heterocycles. The molecule has 0 heterocycles. The van der Waals surface area contributed by atoms with Gasteiger partial charge in [0.05, 0.1) is 5.69 Å². The monoisotopic (exact) mass is 194 g/mol. The van der Waals surface area contributed by atoms with E-state index in [-0.39, 0.29) is 5.82 Å². The molecule has 3 N–H and O–H groups in total. The van der Waals surface area contributed by atoms with Gasteiger partial charge in [0, 0.05) is 6.54 Å². The van der Waals surface area contributed by atoms with Crippen LogP contribution in [-0.2, 0) is 6.42 Å². The third-order valence-corrected chi connectivity index (χ3v) is 1.90. The smallest absolute Gasteiger partial charge is 0.146 e. The first-order valence-electron chi connectivity index (χ1n) is 4.61. The Labute approximate surface area is 83.6 Å². The summed E-state index contributed by atoms with van der Waals surface area (Å²) < 4.78 is 13.4. The Kier molecular flexibility index (Phi) is 4.13.